The number of hydrogen-bond donors (Lipinski definition) is 10. The smallest absolute Gasteiger partial charge is 0.326 e. The molecular weight excluding hydrogens is 1000 g/mol. The molecule has 3 aromatic rings. The molecule has 7 amide bonds. The summed E-state index contributed by atoms with van der Waals surface area (Å²) in [4.78, 5) is 124. The van der Waals surface area contributed by atoms with Gasteiger partial charge in [0.25, 0.3) is 0 Å². The van der Waals surface area contributed by atoms with Crippen LogP contribution < -0.4 is 37.6 Å². The van der Waals surface area contributed by atoms with Gasteiger partial charge in [0.05, 0.1) is 50.0 Å². The van der Waals surface area contributed by atoms with E-state index >= 15 is 0 Å². The number of aliphatic carboxylic acids is 1. The molecule has 0 aromatic heterocycles. The fourth-order valence-corrected chi connectivity index (χ4v) is 9.38. The van der Waals surface area contributed by atoms with E-state index in [1.165, 1.54) is 6.92 Å². The van der Waals surface area contributed by atoms with Gasteiger partial charge in [-0.1, -0.05) is 132 Å². The second-order valence-electron chi connectivity index (χ2n) is 20.9. The van der Waals surface area contributed by atoms with Crippen molar-refractivity contribution < 1.29 is 63.2 Å². The van der Waals surface area contributed by atoms with Gasteiger partial charge in [-0.15, -0.1) is 0 Å². The second kappa shape index (κ2) is 29.6. The van der Waals surface area contributed by atoms with Crippen molar-refractivity contribution in [3.8, 4) is 0 Å². The lowest BCUT2D eigenvalue weighted by atomic mass is 9.77. The topological polar surface area (TPSA) is 325 Å². The number of carboxylic acids is 1. The van der Waals surface area contributed by atoms with E-state index in [0.29, 0.717) is 23.1 Å². The first-order valence-corrected chi connectivity index (χ1v) is 26.6. The third-order valence-corrected chi connectivity index (χ3v) is 14.1. The molecular formula is C57H80N8O13. The van der Waals surface area contributed by atoms with E-state index < -0.39 is 145 Å². The molecule has 0 saturated carbocycles. The highest BCUT2D eigenvalue weighted by atomic mass is 16.5. The number of likely N-dealkylation sites (tertiary alicyclic amines) is 1. The van der Waals surface area contributed by atoms with Gasteiger partial charge in [-0.25, -0.2) is 4.79 Å². The average Bonchev–Trinajstić information content (AvgIpc) is 3.88. The number of aliphatic hydroxyl groups is 2. The molecule has 0 radical (unpaired) electrons. The molecule has 4 rings (SSSR count). The number of nitrogens with two attached hydrogens (primary N) is 1. The van der Waals surface area contributed by atoms with E-state index in [4.69, 9.17) is 10.5 Å². The zero-order valence-corrected chi connectivity index (χ0v) is 46.0. The zero-order valence-electron chi connectivity index (χ0n) is 46.0. The fourth-order valence-electron chi connectivity index (χ4n) is 9.38. The van der Waals surface area contributed by atoms with E-state index in [1.54, 1.807) is 41.5 Å². The van der Waals surface area contributed by atoms with Gasteiger partial charge in [0.1, 0.15) is 29.7 Å². The molecule has 0 unspecified atom stereocenters. The largest absolute Gasteiger partial charge is 0.480 e. The Morgan fingerprint density at radius 2 is 1.17 bits per heavy atom. The highest BCUT2D eigenvalue weighted by Crippen LogP contribution is 2.37. The fraction of sp³-hybridized carbons (Fsp3) is 0.526. The van der Waals surface area contributed by atoms with Crippen molar-refractivity contribution in [2.45, 2.75) is 147 Å². The molecule has 10 atom stereocenters. The number of aliphatic hydroxyl groups excluding tert-OH is 2. The van der Waals surface area contributed by atoms with Crippen molar-refractivity contribution in [2.24, 2.45) is 23.5 Å². The first kappa shape index (κ1) is 63.5. The molecule has 1 aliphatic heterocycles. The van der Waals surface area contributed by atoms with E-state index in [9.17, 15) is 58.5 Å². The molecule has 21 nitrogen and oxygen atoms in total. The SMILES string of the molecule is CC[C@H](NC(=O)CNC(=O)[C@@H](CC(=O)CNC(=O)[C@H](CC)NC(=O)[C@@H](N)[C@@H](C)[C@@H](O)CO)[C@@H](C)CC)C(=O)N[C@@H](CC(=O)NC(c1ccccc1)(c1ccccc1)c1ccccc1)C(=O)N1C[C@H](OC(C)(C)C)C[C@H]1C(=O)O. The summed E-state index contributed by atoms with van der Waals surface area (Å²) in [6.45, 7) is 11.8. The molecule has 1 fully saturated rings. The Bertz CT molecular complexity index is 2410. The van der Waals surface area contributed by atoms with Gasteiger partial charge in [0.2, 0.25) is 41.4 Å². The third kappa shape index (κ3) is 17.5. The van der Waals surface area contributed by atoms with E-state index in [2.05, 4.69) is 31.9 Å². The molecule has 1 aliphatic rings. The molecule has 426 valence electrons. The highest BCUT2D eigenvalue weighted by molar-refractivity contribution is 5.98. The van der Waals surface area contributed by atoms with Crippen molar-refractivity contribution in [3.63, 3.8) is 0 Å². The van der Waals surface area contributed by atoms with Gasteiger partial charge in [-0.05, 0) is 56.2 Å². The van der Waals surface area contributed by atoms with E-state index in [-0.39, 0.29) is 38.1 Å². The summed E-state index contributed by atoms with van der Waals surface area (Å²) >= 11 is 0. The van der Waals surface area contributed by atoms with Crippen molar-refractivity contribution in [2.75, 3.05) is 26.2 Å². The van der Waals surface area contributed by atoms with E-state index in [1.807, 2.05) is 97.9 Å². The Balaban J connectivity index is 1.52. The summed E-state index contributed by atoms with van der Waals surface area (Å²) in [6.07, 6.45) is -2.39. The first-order valence-electron chi connectivity index (χ1n) is 26.6. The molecule has 21 heteroatoms. The maximum atomic E-state index is 14.8. The van der Waals surface area contributed by atoms with Crippen LogP contribution in [0.15, 0.2) is 91.0 Å². The number of nitrogens with zero attached hydrogens (tertiary/aromatic N) is 1. The van der Waals surface area contributed by atoms with Crippen LogP contribution in [0.3, 0.4) is 0 Å². The van der Waals surface area contributed by atoms with Crippen LogP contribution in [0.5, 0.6) is 0 Å². The van der Waals surface area contributed by atoms with Gasteiger partial charge in [0, 0.05) is 31.2 Å². The Hall–Kier alpha value is -7.07. The molecule has 0 aliphatic carbocycles. The Morgan fingerprint density at radius 3 is 1.64 bits per heavy atom. The number of rotatable bonds is 29. The summed E-state index contributed by atoms with van der Waals surface area (Å²) < 4.78 is 6.11. The number of ether oxygens (including phenoxy) is 1. The molecule has 78 heavy (non-hydrogen) atoms. The summed E-state index contributed by atoms with van der Waals surface area (Å²) in [6, 6.07) is 21.0. The summed E-state index contributed by atoms with van der Waals surface area (Å²) in [5.74, 6) is -9.24. The van der Waals surface area contributed by atoms with Crippen molar-refractivity contribution in [1.82, 2.24) is 36.8 Å². The van der Waals surface area contributed by atoms with Crippen LogP contribution in [0.2, 0.25) is 0 Å². The predicted octanol–water partition coefficient (Wildman–Crippen LogP) is 1.80. The van der Waals surface area contributed by atoms with E-state index in [0.717, 1.165) is 4.90 Å². The normalized spacial score (nSPS) is 17.6. The molecule has 0 spiro atoms. The summed E-state index contributed by atoms with van der Waals surface area (Å²) in [5.41, 5.74) is 5.97. The summed E-state index contributed by atoms with van der Waals surface area (Å²) in [7, 11) is 0. The van der Waals surface area contributed by atoms with Gasteiger partial charge >= 0.3 is 5.97 Å². The number of carbonyl (C=O) groups excluding carboxylic acids is 8. The van der Waals surface area contributed by atoms with Gasteiger partial charge in [0.15, 0.2) is 5.78 Å². The second-order valence-corrected chi connectivity index (χ2v) is 20.9. The van der Waals surface area contributed by atoms with Gasteiger partial charge < -0.3 is 62.6 Å². The van der Waals surface area contributed by atoms with Crippen molar-refractivity contribution >= 4 is 53.1 Å². The first-order chi connectivity index (χ1) is 36.9. The van der Waals surface area contributed by atoms with Gasteiger partial charge in [-0.3, -0.25) is 38.4 Å². The zero-order chi connectivity index (χ0) is 57.9. The average molecular weight is 1090 g/mol. The van der Waals surface area contributed by atoms with Gasteiger partial charge in [-0.2, -0.15) is 0 Å². The molecule has 1 saturated heterocycles. The Kier molecular flexibility index (Phi) is 24.1. The minimum Gasteiger partial charge on any atom is -0.480 e. The minimum absolute atomic E-state index is 0.0161. The summed E-state index contributed by atoms with van der Waals surface area (Å²) in [5, 5.41) is 45.4. The molecule has 11 N–H and O–H groups in total. The molecule has 1 heterocycles. The van der Waals surface area contributed by atoms with Crippen LogP contribution in [-0.4, -0.2) is 148 Å². The van der Waals surface area contributed by atoms with Crippen LogP contribution in [0, 0.1) is 17.8 Å². The Labute approximate surface area is 456 Å². The Morgan fingerprint density at radius 1 is 0.667 bits per heavy atom. The quantitative estimate of drug-likeness (QED) is 0.0444. The minimum atomic E-state index is -1.65. The van der Waals surface area contributed by atoms with Crippen LogP contribution in [0.25, 0.3) is 0 Å². The van der Waals surface area contributed by atoms with Crippen LogP contribution in [0.1, 0.15) is 111 Å². The number of Topliss-reactive ketones (excluding diaryl/α,β-unsaturated/α-hetero) is 1. The molecule has 3 aromatic carbocycles. The van der Waals surface area contributed by atoms with Crippen molar-refractivity contribution in [1.29, 1.82) is 0 Å². The number of ketones is 1. The number of carboxylic acid groups (broad SMARTS) is 1. The lowest BCUT2D eigenvalue weighted by Crippen LogP contribution is -2.58. The maximum Gasteiger partial charge on any atom is 0.326 e. The predicted molar refractivity (Wildman–Crippen MR) is 290 cm³/mol. The number of carbonyl (C=O) groups is 9. The number of hydrogen-bond acceptors (Lipinski definition) is 13. The van der Waals surface area contributed by atoms with Crippen LogP contribution in [-0.2, 0) is 53.4 Å². The number of nitrogens with one attached hydrogen (secondary N) is 6. The highest BCUT2D eigenvalue weighted by Gasteiger charge is 2.46. The third-order valence-electron chi connectivity index (χ3n) is 14.1. The monoisotopic (exact) mass is 1080 g/mol. The van der Waals surface area contributed by atoms with Crippen molar-refractivity contribution in [3.05, 3.63) is 108 Å². The lowest BCUT2D eigenvalue weighted by molar-refractivity contribution is -0.150. The lowest BCUT2D eigenvalue weighted by Gasteiger charge is -2.37. The maximum absolute atomic E-state index is 14.8. The standard InChI is InChI=1S/C57H80N8O13/c1-9-34(4)41(27-39(67)30-59-51(72)42(10-2)62-53(74)49(58)35(5)46(68)33-66)50(71)60-31-48(70)61-43(11-3)52(73)63-44(54(75)65-32-40(78-56(6,7)8)28-45(65)55(76)77)29-47(69)64-57(36-21-15-12-16-22-36,37-23-17-13-18-24-37)38-25-19-14-20-26-38/h12-26,34-35,40-46,49,66,68H,9-11,27-33,58H2,1-8H3,(H,59,72)(H,60,71)(H,61,70)(H,62,74)(H,63,73)(H,64,69)(H,76,77)/t34-,35-,40+,41-,42-,43-,44-,45-,46-,49-/m0/s1. The number of benzene rings is 3. The van der Waals surface area contributed by atoms with Crippen LogP contribution in [0.4, 0.5) is 0 Å². The number of amides is 7. The van der Waals surface area contributed by atoms with Crippen LogP contribution >= 0.6 is 0 Å². The molecule has 0 bridgehead atoms.